The van der Waals surface area contributed by atoms with Crippen molar-refractivity contribution < 1.29 is 14.4 Å². The minimum absolute atomic E-state index is 0.0183. The van der Waals surface area contributed by atoms with Crippen LogP contribution in [-0.2, 0) is 16.1 Å². The van der Waals surface area contributed by atoms with Gasteiger partial charge in [-0.3, -0.25) is 14.4 Å². The summed E-state index contributed by atoms with van der Waals surface area (Å²) < 4.78 is 0.965. The third-order valence-electron chi connectivity index (χ3n) is 7.56. The van der Waals surface area contributed by atoms with Gasteiger partial charge >= 0.3 is 0 Å². The van der Waals surface area contributed by atoms with Crippen molar-refractivity contribution in [2.24, 2.45) is 0 Å². The van der Waals surface area contributed by atoms with E-state index >= 15 is 0 Å². The summed E-state index contributed by atoms with van der Waals surface area (Å²) in [6.07, 6.45) is 5.04. The molecule has 6 nitrogen and oxygen atoms in total. The molecule has 0 bridgehead atoms. The van der Waals surface area contributed by atoms with Crippen LogP contribution in [0.3, 0.4) is 0 Å². The van der Waals surface area contributed by atoms with E-state index < -0.39 is 6.04 Å². The molecule has 2 aliphatic rings. The topological polar surface area (TPSA) is 69.7 Å². The molecule has 3 aromatic carbocycles. The van der Waals surface area contributed by atoms with Gasteiger partial charge in [0.05, 0.1) is 5.69 Å². The molecule has 5 rings (SSSR count). The summed E-state index contributed by atoms with van der Waals surface area (Å²) in [5.41, 5.74) is 2.59. The van der Waals surface area contributed by atoms with Crippen molar-refractivity contribution in [3.05, 3.63) is 76.3 Å². The first-order valence-corrected chi connectivity index (χ1v) is 13.9. The number of carbonyl (C=O) groups excluding carboxylic acids is 3. The molecule has 0 aromatic heterocycles. The van der Waals surface area contributed by atoms with Crippen LogP contribution >= 0.6 is 15.9 Å². The lowest BCUT2D eigenvalue weighted by molar-refractivity contribution is -0.141. The fourth-order valence-corrected chi connectivity index (χ4v) is 5.76. The summed E-state index contributed by atoms with van der Waals surface area (Å²) in [7, 11) is 0. The molecule has 3 aromatic rings. The van der Waals surface area contributed by atoms with Crippen LogP contribution in [0.15, 0.2) is 65.1 Å². The summed E-state index contributed by atoms with van der Waals surface area (Å²) in [4.78, 5) is 43.1. The maximum Gasteiger partial charge on any atom is 0.258 e. The van der Waals surface area contributed by atoms with Crippen LogP contribution in [-0.4, -0.2) is 41.2 Å². The average molecular weight is 563 g/mol. The van der Waals surface area contributed by atoms with Gasteiger partial charge in [0.2, 0.25) is 11.8 Å². The highest BCUT2D eigenvalue weighted by Crippen LogP contribution is 2.37. The molecule has 3 amide bonds. The number of anilines is 1. The molecule has 1 heterocycles. The standard InChI is InChI=1S/C30H32BrN3O3/c1-20(29(36)32-24-9-2-3-10-24)34(19-21-14-16-23(31)17-15-21)27(35)13-6-18-33-26-12-5-8-22-7-4-11-25(28(22)26)30(33)37/h4-5,7-8,11-12,14-17,20,24H,2-3,6,9-10,13,18-19H2,1H3,(H,32,36)/t20-/m1/s1. The summed E-state index contributed by atoms with van der Waals surface area (Å²) in [6.45, 7) is 2.62. The lowest BCUT2D eigenvalue weighted by Crippen LogP contribution is -2.49. The zero-order valence-electron chi connectivity index (χ0n) is 21.1. The number of amides is 3. The van der Waals surface area contributed by atoms with Gasteiger partial charge in [0.1, 0.15) is 6.04 Å². The van der Waals surface area contributed by atoms with Gasteiger partial charge in [-0.15, -0.1) is 0 Å². The Hall–Kier alpha value is -3.19. The second-order valence-corrected chi connectivity index (χ2v) is 11.0. The van der Waals surface area contributed by atoms with Gasteiger partial charge < -0.3 is 15.1 Å². The second kappa shape index (κ2) is 11.1. The Morgan fingerprint density at radius 1 is 1.05 bits per heavy atom. The van der Waals surface area contributed by atoms with Gasteiger partial charge in [0.15, 0.2) is 0 Å². The molecule has 0 saturated heterocycles. The van der Waals surface area contributed by atoms with E-state index in [9.17, 15) is 14.4 Å². The second-order valence-electron chi connectivity index (χ2n) is 10.1. The molecule has 1 aliphatic carbocycles. The van der Waals surface area contributed by atoms with E-state index in [0.29, 0.717) is 25.1 Å². The number of halogens is 1. The van der Waals surface area contributed by atoms with E-state index in [1.165, 1.54) is 0 Å². The number of nitrogens with one attached hydrogen (secondary N) is 1. The van der Waals surface area contributed by atoms with Crippen molar-refractivity contribution in [2.45, 2.75) is 64.1 Å². The normalized spacial score (nSPS) is 15.8. The van der Waals surface area contributed by atoms with Crippen LogP contribution in [0.1, 0.15) is 61.4 Å². The molecule has 1 N–H and O–H groups in total. The van der Waals surface area contributed by atoms with Crippen LogP contribution in [0.2, 0.25) is 0 Å². The number of carbonyl (C=O) groups is 3. The van der Waals surface area contributed by atoms with E-state index in [1.54, 1.807) is 9.80 Å². The van der Waals surface area contributed by atoms with Crippen molar-refractivity contribution in [1.82, 2.24) is 10.2 Å². The number of benzene rings is 3. The Balaban J connectivity index is 1.27. The largest absolute Gasteiger partial charge is 0.352 e. The molecule has 0 unspecified atom stereocenters. The fraction of sp³-hybridized carbons (Fsp3) is 0.367. The van der Waals surface area contributed by atoms with Crippen molar-refractivity contribution >= 4 is 50.1 Å². The zero-order chi connectivity index (χ0) is 25.9. The van der Waals surface area contributed by atoms with E-state index in [1.807, 2.05) is 67.6 Å². The van der Waals surface area contributed by atoms with Crippen molar-refractivity contribution in [1.29, 1.82) is 0 Å². The lowest BCUT2D eigenvalue weighted by atomic mass is 10.1. The summed E-state index contributed by atoms with van der Waals surface area (Å²) in [5, 5.41) is 5.17. The van der Waals surface area contributed by atoms with Gasteiger partial charge in [0.25, 0.3) is 5.91 Å². The number of hydrogen-bond acceptors (Lipinski definition) is 3. The highest BCUT2D eigenvalue weighted by atomic mass is 79.9. The van der Waals surface area contributed by atoms with Crippen LogP contribution in [0, 0.1) is 0 Å². The van der Waals surface area contributed by atoms with Crippen LogP contribution in [0.4, 0.5) is 5.69 Å². The minimum atomic E-state index is -0.580. The maximum atomic E-state index is 13.5. The van der Waals surface area contributed by atoms with Crippen molar-refractivity contribution in [2.75, 3.05) is 11.4 Å². The zero-order valence-corrected chi connectivity index (χ0v) is 22.7. The van der Waals surface area contributed by atoms with Crippen LogP contribution in [0.5, 0.6) is 0 Å². The van der Waals surface area contributed by atoms with Gasteiger partial charge in [-0.2, -0.15) is 0 Å². The van der Waals surface area contributed by atoms with E-state index in [-0.39, 0.29) is 30.2 Å². The van der Waals surface area contributed by atoms with E-state index in [4.69, 9.17) is 0 Å². The Labute approximate surface area is 226 Å². The van der Waals surface area contributed by atoms with Gasteiger partial charge in [0, 0.05) is 41.0 Å². The summed E-state index contributed by atoms with van der Waals surface area (Å²) in [6, 6.07) is 19.2. The number of nitrogens with zero attached hydrogens (tertiary/aromatic N) is 2. The maximum absolute atomic E-state index is 13.5. The molecular formula is C30H32BrN3O3. The first-order chi connectivity index (χ1) is 17.9. The van der Waals surface area contributed by atoms with Crippen LogP contribution < -0.4 is 10.2 Å². The molecular weight excluding hydrogens is 530 g/mol. The molecule has 192 valence electrons. The summed E-state index contributed by atoms with van der Waals surface area (Å²) >= 11 is 3.46. The Morgan fingerprint density at radius 2 is 1.76 bits per heavy atom. The molecule has 0 radical (unpaired) electrons. The highest BCUT2D eigenvalue weighted by molar-refractivity contribution is 9.10. The van der Waals surface area contributed by atoms with E-state index in [2.05, 4.69) is 21.2 Å². The molecule has 1 atom stereocenters. The average Bonchev–Trinajstić information content (AvgIpc) is 3.51. The fourth-order valence-electron chi connectivity index (χ4n) is 5.49. The SMILES string of the molecule is C[C@H](C(=O)NC1CCCC1)N(Cc1ccc(Br)cc1)C(=O)CCCN1C(=O)c2cccc3cccc1c23. The van der Waals surface area contributed by atoms with Gasteiger partial charge in [-0.25, -0.2) is 0 Å². The molecule has 1 saturated carbocycles. The van der Waals surface area contributed by atoms with Gasteiger partial charge in [-0.1, -0.05) is 65.2 Å². The summed E-state index contributed by atoms with van der Waals surface area (Å²) in [5.74, 6) is -0.205. The Morgan fingerprint density at radius 3 is 2.49 bits per heavy atom. The third-order valence-corrected chi connectivity index (χ3v) is 8.09. The van der Waals surface area contributed by atoms with Crippen molar-refractivity contribution in [3.63, 3.8) is 0 Å². The molecule has 7 heteroatoms. The first-order valence-electron chi connectivity index (χ1n) is 13.1. The first kappa shape index (κ1) is 25.5. The molecule has 37 heavy (non-hydrogen) atoms. The Kier molecular flexibility index (Phi) is 7.60. The van der Waals surface area contributed by atoms with E-state index in [0.717, 1.165) is 52.2 Å². The monoisotopic (exact) mass is 561 g/mol. The third kappa shape index (κ3) is 5.42. The lowest BCUT2D eigenvalue weighted by Gasteiger charge is -2.30. The van der Waals surface area contributed by atoms with Crippen LogP contribution in [0.25, 0.3) is 10.8 Å². The highest BCUT2D eigenvalue weighted by Gasteiger charge is 2.31. The smallest absolute Gasteiger partial charge is 0.258 e. The number of rotatable bonds is 9. The molecule has 0 spiro atoms. The predicted molar refractivity (Wildman–Crippen MR) is 149 cm³/mol. The molecule has 1 fully saturated rings. The van der Waals surface area contributed by atoms with Crippen molar-refractivity contribution in [3.8, 4) is 0 Å². The quantitative estimate of drug-likeness (QED) is 0.358. The number of hydrogen-bond donors (Lipinski definition) is 1. The van der Waals surface area contributed by atoms with Gasteiger partial charge in [-0.05, 0) is 61.4 Å². The minimum Gasteiger partial charge on any atom is -0.352 e. The Bertz CT molecular complexity index is 1310. The predicted octanol–water partition coefficient (Wildman–Crippen LogP) is 5.82. The molecule has 1 aliphatic heterocycles.